The van der Waals surface area contributed by atoms with E-state index < -0.39 is 5.60 Å². The van der Waals surface area contributed by atoms with Crippen LogP contribution >= 0.6 is 0 Å². The van der Waals surface area contributed by atoms with E-state index >= 15 is 0 Å². The molecule has 2 aliphatic carbocycles. The molecule has 3 aliphatic rings. The van der Waals surface area contributed by atoms with Gasteiger partial charge < -0.3 is 14.7 Å². The Hall–Kier alpha value is -2.33. The molecular weight excluding hydrogens is 314 g/mol. The maximum Gasteiger partial charge on any atom is 0.409 e. The van der Waals surface area contributed by atoms with Crippen molar-refractivity contribution in [3.8, 4) is 11.1 Å². The predicted octanol–water partition coefficient (Wildman–Crippen LogP) is 3.39. The van der Waals surface area contributed by atoms with E-state index in [1.807, 2.05) is 24.3 Å². The number of carbonyl (C=O) groups excluding carboxylic acids is 1. The lowest BCUT2D eigenvalue weighted by atomic mass is 9.92. The summed E-state index contributed by atoms with van der Waals surface area (Å²) in [6.45, 7) is 1.60. The van der Waals surface area contributed by atoms with Crippen molar-refractivity contribution in [1.82, 2.24) is 4.90 Å². The molecule has 0 radical (unpaired) electrons. The van der Waals surface area contributed by atoms with E-state index in [1.54, 1.807) is 4.90 Å². The van der Waals surface area contributed by atoms with Crippen molar-refractivity contribution >= 4 is 6.09 Å². The monoisotopic (exact) mass is 335 g/mol. The summed E-state index contributed by atoms with van der Waals surface area (Å²) in [5.74, 6) is 0.328. The van der Waals surface area contributed by atoms with Crippen molar-refractivity contribution in [3.05, 3.63) is 59.7 Å². The quantitative estimate of drug-likeness (QED) is 0.935. The summed E-state index contributed by atoms with van der Waals surface area (Å²) >= 11 is 0. The van der Waals surface area contributed by atoms with Gasteiger partial charge in [-0.2, -0.15) is 0 Å². The van der Waals surface area contributed by atoms with Crippen molar-refractivity contribution in [2.75, 3.05) is 19.7 Å². The van der Waals surface area contributed by atoms with Crippen LogP contribution in [-0.2, 0) is 4.74 Å². The molecule has 4 nitrogen and oxygen atoms in total. The Balaban J connectivity index is 1.28. The van der Waals surface area contributed by atoms with E-state index in [9.17, 15) is 9.90 Å². The lowest BCUT2D eigenvalue weighted by Gasteiger charge is -2.41. The molecule has 1 saturated heterocycles. The normalized spacial score (nSPS) is 20.6. The molecule has 128 valence electrons. The van der Waals surface area contributed by atoms with E-state index in [0.717, 1.165) is 12.8 Å². The van der Waals surface area contributed by atoms with Crippen molar-refractivity contribution in [3.63, 3.8) is 0 Å². The predicted molar refractivity (Wildman–Crippen MR) is 94.3 cm³/mol. The molecule has 5 rings (SSSR count). The molecule has 25 heavy (non-hydrogen) atoms. The lowest BCUT2D eigenvalue weighted by Crippen LogP contribution is -2.55. The average Bonchev–Trinajstić information content (AvgIpc) is 3.24. The number of amides is 1. The Morgan fingerprint density at radius 1 is 1.04 bits per heavy atom. The van der Waals surface area contributed by atoms with Gasteiger partial charge in [0.25, 0.3) is 0 Å². The zero-order valence-corrected chi connectivity index (χ0v) is 14.0. The van der Waals surface area contributed by atoms with Gasteiger partial charge in [-0.3, -0.25) is 0 Å². The number of likely N-dealkylation sites (tertiary alicyclic amines) is 1. The van der Waals surface area contributed by atoms with Crippen LogP contribution < -0.4 is 0 Å². The molecular formula is C21H21NO3. The zero-order chi connectivity index (χ0) is 17.0. The van der Waals surface area contributed by atoms with Crippen LogP contribution in [0, 0.1) is 5.92 Å². The Kier molecular flexibility index (Phi) is 3.19. The number of hydrogen-bond donors (Lipinski definition) is 1. The van der Waals surface area contributed by atoms with Gasteiger partial charge in [0.2, 0.25) is 0 Å². The second kappa shape index (κ2) is 5.33. The molecule has 0 bridgehead atoms. The molecule has 2 aromatic rings. The van der Waals surface area contributed by atoms with E-state index in [-0.39, 0.29) is 17.9 Å². The van der Waals surface area contributed by atoms with E-state index in [4.69, 9.17) is 4.74 Å². The molecule has 1 saturated carbocycles. The molecule has 0 aromatic heterocycles. The summed E-state index contributed by atoms with van der Waals surface area (Å²) in [6.07, 6.45) is 1.48. The second-order valence-corrected chi connectivity index (χ2v) is 7.51. The summed E-state index contributed by atoms with van der Waals surface area (Å²) in [6, 6.07) is 16.7. The van der Waals surface area contributed by atoms with Crippen molar-refractivity contribution in [1.29, 1.82) is 0 Å². The molecule has 0 spiro atoms. The number of nitrogens with zero attached hydrogens (tertiary/aromatic N) is 1. The summed E-state index contributed by atoms with van der Waals surface area (Å²) < 4.78 is 5.63. The van der Waals surface area contributed by atoms with Gasteiger partial charge in [-0.25, -0.2) is 4.79 Å². The first-order valence-corrected chi connectivity index (χ1v) is 8.98. The number of rotatable bonds is 3. The van der Waals surface area contributed by atoms with Gasteiger partial charge in [0.15, 0.2) is 0 Å². The Labute approximate surface area is 147 Å². The largest absolute Gasteiger partial charge is 0.448 e. The molecule has 0 atom stereocenters. The van der Waals surface area contributed by atoms with Crippen molar-refractivity contribution < 1.29 is 14.6 Å². The molecule has 2 fully saturated rings. The number of ether oxygens (including phenoxy) is 1. The number of fused-ring (bicyclic) bond motifs is 3. The third-order valence-electron chi connectivity index (χ3n) is 6.00. The van der Waals surface area contributed by atoms with E-state index in [1.165, 1.54) is 22.3 Å². The van der Waals surface area contributed by atoms with Crippen LogP contribution in [0.4, 0.5) is 4.79 Å². The lowest BCUT2D eigenvalue weighted by molar-refractivity contribution is -0.0199. The van der Waals surface area contributed by atoms with Crippen LogP contribution in [0.3, 0.4) is 0 Å². The first kappa shape index (κ1) is 15.0. The molecule has 1 N–H and O–H groups in total. The molecule has 1 heterocycles. The zero-order valence-electron chi connectivity index (χ0n) is 14.0. The highest BCUT2D eigenvalue weighted by Gasteiger charge is 2.53. The Morgan fingerprint density at radius 3 is 2.16 bits per heavy atom. The van der Waals surface area contributed by atoms with Crippen LogP contribution in [0.15, 0.2) is 48.5 Å². The molecule has 2 aromatic carbocycles. The van der Waals surface area contributed by atoms with Crippen LogP contribution in [0.2, 0.25) is 0 Å². The fraction of sp³-hybridized carbons (Fsp3) is 0.381. The standard InChI is InChI=1S/C21H21NO3/c23-20(22-11-14(12-22)21(24)9-10-21)25-13-19-17-7-3-1-5-15(17)16-6-2-4-8-18(16)19/h1-8,14,19,24H,9-13H2. The SMILES string of the molecule is O=C(OCC1c2ccccc2-c2ccccc21)N1CC(C2(O)CC2)C1. The molecule has 4 heteroatoms. The first-order chi connectivity index (χ1) is 12.2. The van der Waals surface area contributed by atoms with Gasteiger partial charge in [-0.15, -0.1) is 0 Å². The van der Waals surface area contributed by atoms with E-state index in [2.05, 4.69) is 24.3 Å². The van der Waals surface area contributed by atoms with Crippen LogP contribution in [0.25, 0.3) is 11.1 Å². The first-order valence-electron chi connectivity index (χ1n) is 8.98. The fourth-order valence-corrected chi connectivity index (χ4v) is 4.19. The van der Waals surface area contributed by atoms with Gasteiger partial charge in [0.05, 0.1) is 5.60 Å². The van der Waals surface area contributed by atoms with Crippen molar-refractivity contribution in [2.24, 2.45) is 5.92 Å². The maximum absolute atomic E-state index is 12.3. The van der Waals surface area contributed by atoms with Gasteiger partial charge in [0.1, 0.15) is 6.61 Å². The highest BCUT2D eigenvalue weighted by atomic mass is 16.6. The fourth-order valence-electron chi connectivity index (χ4n) is 4.19. The van der Waals surface area contributed by atoms with Gasteiger partial charge >= 0.3 is 6.09 Å². The minimum atomic E-state index is -0.500. The van der Waals surface area contributed by atoms with Crippen molar-refractivity contribution in [2.45, 2.75) is 24.4 Å². The van der Waals surface area contributed by atoms with Crippen LogP contribution in [0.1, 0.15) is 29.9 Å². The van der Waals surface area contributed by atoms with E-state index in [0.29, 0.717) is 19.7 Å². The smallest absolute Gasteiger partial charge is 0.409 e. The van der Waals surface area contributed by atoms with Crippen LogP contribution in [-0.4, -0.2) is 41.4 Å². The highest BCUT2D eigenvalue weighted by molar-refractivity contribution is 5.79. The Morgan fingerprint density at radius 2 is 1.60 bits per heavy atom. The minimum absolute atomic E-state index is 0.0982. The third-order valence-corrected chi connectivity index (χ3v) is 6.00. The van der Waals surface area contributed by atoms with Crippen LogP contribution in [0.5, 0.6) is 0 Å². The summed E-state index contributed by atoms with van der Waals surface area (Å²) in [5.41, 5.74) is 4.42. The maximum atomic E-state index is 12.3. The number of hydrogen-bond acceptors (Lipinski definition) is 3. The van der Waals surface area contributed by atoms with Gasteiger partial charge in [-0.05, 0) is 35.1 Å². The Bertz CT molecular complexity index is 791. The summed E-state index contributed by atoms with van der Waals surface area (Å²) in [4.78, 5) is 14.0. The average molecular weight is 335 g/mol. The summed E-state index contributed by atoms with van der Waals surface area (Å²) in [5, 5.41) is 10.1. The molecule has 1 aliphatic heterocycles. The minimum Gasteiger partial charge on any atom is -0.448 e. The third kappa shape index (κ3) is 2.35. The highest BCUT2D eigenvalue weighted by Crippen LogP contribution is 2.47. The number of carbonyl (C=O) groups is 1. The van der Waals surface area contributed by atoms with Gasteiger partial charge in [0, 0.05) is 24.9 Å². The number of benzene rings is 2. The number of aliphatic hydroxyl groups is 1. The second-order valence-electron chi connectivity index (χ2n) is 7.51. The topological polar surface area (TPSA) is 49.8 Å². The summed E-state index contributed by atoms with van der Waals surface area (Å²) in [7, 11) is 0. The van der Waals surface area contributed by atoms with Gasteiger partial charge in [-0.1, -0.05) is 48.5 Å². The molecule has 0 unspecified atom stereocenters. The molecule has 1 amide bonds.